The van der Waals surface area contributed by atoms with Gasteiger partial charge < -0.3 is 0 Å². The van der Waals surface area contributed by atoms with Crippen molar-refractivity contribution in [3.05, 3.63) is 131 Å². The SMILES string of the molecule is CC1=NN(c2ccccc2)C(=O)C1(Cc1cccc(C)c1)C1(Cc2cccc(C)c2)C(=O)N(c2ccccc2)N=C1C. The molecule has 0 spiro atoms. The van der Waals surface area contributed by atoms with Crippen molar-refractivity contribution < 1.29 is 9.59 Å². The van der Waals surface area contributed by atoms with Crippen LogP contribution in [0.3, 0.4) is 0 Å². The Morgan fingerprint density at radius 3 is 1.26 bits per heavy atom. The highest BCUT2D eigenvalue weighted by atomic mass is 16.2. The minimum Gasteiger partial charge on any atom is -0.271 e. The molecule has 2 aliphatic heterocycles. The standard InChI is InChI=1S/C36H34N4O2/c1-25-13-11-15-29(21-25)23-35(27(3)37-39(33(35)41)31-17-7-5-8-18-31)36(24-30-16-12-14-26(2)22-30)28(4)38-40(34(36)42)32-19-9-6-10-20-32/h5-22H,23-24H2,1-4H3. The average molecular weight is 555 g/mol. The van der Waals surface area contributed by atoms with Crippen molar-refractivity contribution in [1.29, 1.82) is 0 Å². The summed E-state index contributed by atoms with van der Waals surface area (Å²) >= 11 is 0. The Kier molecular flexibility index (Phi) is 6.85. The summed E-state index contributed by atoms with van der Waals surface area (Å²) in [6.45, 7) is 7.86. The number of carbonyl (C=O) groups is 2. The third-order valence-electron chi connectivity index (χ3n) is 8.68. The second kappa shape index (κ2) is 10.5. The molecular formula is C36H34N4O2. The Morgan fingerprint density at radius 2 is 0.905 bits per heavy atom. The van der Waals surface area contributed by atoms with Crippen LogP contribution in [0.5, 0.6) is 0 Å². The van der Waals surface area contributed by atoms with Crippen LogP contribution in [0.15, 0.2) is 119 Å². The molecule has 6 heteroatoms. The van der Waals surface area contributed by atoms with Crippen LogP contribution in [0.1, 0.15) is 36.1 Å². The minimum atomic E-state index is -1.32. The number of benzene rings is 4. The number of hydrazone groups is 2. The molecule has 0 fully saturated rings. The van der Waals surface area contributed by atoms with Crippen LogP contribution in [0.25, 0.3) is 0 Å². The van der Waals surface area contributed by atoms with Gasteiger partial charge in [0.1, 0.15) is 10.8 Å². The van der Waals surface area contributed by atoms with E-state index in [1.807, 2.05) is 125 Å². The fourth-order valence-corrected chi connectivity index (χ4v) is 6.67. The third-order valence-corrected chi connectivity index (χ3v) is 8.68. The lowest BCUT2D eigenvalue weighted by Crippen LogP contribution is -2.61. The first-order valence-electron chi connectivity index (χ1n) is 14.3. The van der Waals surface area contributed by atoms with Gasteiger partial charge in [-0.2, -0.15) is 20.2 Å². The molecule has 42 heavy (non-hydrogen) atoms. The van der Waals surface area contributed by atoms with Gasteiger partial charge in [0.25, 0.3) is 11.8 Å². The maximum absolute atomic E-state index is 15.1. The quantitative estimate of drug-likeness (QED) is 0.249. The number of aryl methyl sites for hydroxylation is 2. The van der Waals surface area contributed by atoms with Gasteiger partial charge in [-0.15, -0.1) is 0 Å². The van der Waals surface area contributed by atoms with Crippen LogP contribution in [0.2, 0.25) is 0 Å². The zero-order valence-electron chi connectivity index (χ0n) is 24.4. The Morgan fingerprint density at radius 1 is 0.524 bits per heavy atom. The number of carbonyl (C=O) groups excluding carboxylic acids is 2. The molecule has 0 aromatic heterocycles. The normalized spacial score (nSPS) is 22.0. The van der Waals surface area contributed by atoms with E-state index in [1.54, 1.807) is 0 Å². The number of para-hydroxylation sites is 2. The molecule has 2 unspecified atom stereocenters. The average Bonchev–Trinajstić information content (AvgIpc) is 3.39. The van der Waals surface area contributed by atoms with Gasteiger partial charge in [-0.1, -0.05) is 96.1 Å². The zero-order valence-corrected chi connectivity index (χ0v) is 24.4. The second-order valence-electron chi connectivity index (χ2n) is 11.4. The molecule has 6 nitrogen and oxygen atoms in total. The molecule has 2 amide bonds. The molecule has 2 heterocycles. The number of rotatable bonds is 7. The molecule has 4 aromatic rings. The summed E-state index contributed by atoms with van der Waals surface area (Å²) in [5.74, 6) is -0.448. The number of amides is 2. The smallest absolute Gasteiger partial charge is 0.261 e. The predicted octanol–water partition coefficient (Wildman–Crippen LogP) is 6.91. The van der Waals surface area contributed by atoms with E-state index in [0.29, 0.717) is 35.6 Å². The van der Waals surface area contributed by atoms with Crippen molar-refractivity contribution in [2.45, 2.75) is 40.5 Å². The van der Waals surface area contributed by atoms with Crippen molar-refractivity contribution in [2.75, 3.05) is 10.0 Å². The lowest BCUT2D eigenvalue weighted by atomic mass is 9.53. The van der Waals surface area contributed by atoms with Gasteiger partial charge in [-0.25, -0.2) is 0 Å². The second-order valence-corrected chi connectivity index (χ2v) is 11.4. The van der Waals surface area contributed by atoms with Gasteiger partial charge in [0, 0.05) is 0 Å². The molecule has 0 N–H and O–H groups in total. The Balaban J connectivity index is 1.62. The predicted molar refractivity (Wildman–Crippen MR) is 169 cm³/mol. The molecule has 0 bridgehead atoms. The topological polar surface area (TPSA) is 65.3 Å². The van der Waals surface area contributed by atoms with Crippen molar-refractivity contribution in [3.63, 3.8) is 0 Å². The van der Waals surface area contributed by atoms with Gasteiger partial charge in [0.05, 0.1) is 22.8 Å². The van der Waals surface area contributed by atoms with Crippen LogP contribution < -0.4 is 10.0 Å². The maximum Gasteiger partial charge on any atom is 0.261 e. The summed E-state index contributed by atoms with van der Waals surface area (Å²) < 4.78 is 0. The number of hydrogen-bond acceptors (Lipinski definition) is 4. The third kappa shape index (κ3) is 4.26. The highest BCUT2D eigenvalue weighted by molar-refractivity contribution is 6.30. The van der Waals surface area contributed by atoms with E-state index in [-0.39, 0.29) is 11.8 Å². The lowest BCUT2D eigenvalue weighted by Gasteiger charge is -2.44. The van der Waals surface area contributed by atoms with E-state index in [0.717, 1.165) is 22.3 Å². The van der Waals surface area contributed by atoms with Crippen LogP contribution in [0.4, 0.5) is 11.4 Å². The summed E-state index contributed by atoms with van der Waals surface area (Å²) in [6.07, 6.45) is 0.610. The van der Waals surface area contributed by atoms with E-state index in [2.05, 4.69) is 12.1 Å². The highest BCUT2D eigenvalue weighted by Gasteiger charge is 2.70. The highest BCUT2D eigenvalue weighted by Crippen LogP contribution is 2.55. The van der Waals surface area contributed by atoms with E-state index in [4.69, 9.17) is 10.2 Å². The van der Waals surface area contributed by atoms with Crippen LogP contribution in [-0.4, -0.2) is 23.2 Å². The summed E-state index contributed by atoms with van der Waals surface area (Å²) in [5, 5.41) is 12.8. The molecule has 0 radical (unpaired) electrons. The van der Waals surface area contributed by atoms with Crippen LogP contribution in [-0.2, 0) is 22.4 Å². The molecule has 0 aliphatic carbocycles. The number of nitrogens with zero attached hydrogens (tertiary/aromatic N) is 4. The monoisotopic (exact) mass is 554 g/mol. The first-order chi connectivity index (χ1) is 20.3. The molecule has 4 aromatic carbocycles. The van der Waals surface area contributed by atoms with E-state index < -0.39 is 10.8 Å². The van der Waals surface area contributed by atoms with E-state index in [9.17, 15) is 0 Å². The van der Waals surface area contributed by atoms with E-state index in [1.165, 1.54) is 10.0 Å². The van der Waals surface area contributed by atoms with Gasteiger partial charge >= 0.3 is 0 Å². The fraction of sp³-hybridized carbons (Fsp3) is 0.222. The summed E-state index contributed by atoms with van der Waals surface area (Å²) in [4.78, 5) is 30.2. The Bertz CT molecular complexity index is 1600. The molecule has 0 saturated carbocycles. The minimum absolute atomic E-state index is 0.224. The van der Waals surface area contributed by atoms with Crippen LogP contribution >= 0.6 is 0 Å². The number of hydrogen-bond donors (Lipinski definition) is 0. The van der Waals surface area contributed by atoms with Gasteiger partial charge in [0.2, 0.25) is 0 Å². The molecule has 0 saturated heterocycles. The van der Waals surface area contributed by atoms with Crippen molar-refractivity contribution >= 4 is 34.6 Å². The first kappa shape index (κ1) is 27.3. The summed E-state index contributed by atoms with van der Waals surface area (Å²) in [5.41, 5.74) is 3.99. The van der Waals surface area contributed by atoms with Crippen molar-refractivity contribution in [2.24, 2.45) is 21.0 Å². The van der Waals surface area contributed by atoms with E-state index >= 15 is 9.59 Å². The first-order valence-corrected chi connectivity index (χ1v) is 14.3. The fourth-order valence-electron chi connectivity index (χ4n) is 6.67. The molecule has 6 rings (SSSR count). The van der Waals surface area contributed by atoms with Crippen LogP contribution in [0, 0.1) is 24.7 Å². The van der Waals surface area contributed by atoms with Gasteiger partial charge in [-0.3, -0.25) is 9.59 Å². The maximum atomic E-state index is 15.1. The Hall–Kier alpha value is -4.84. The molecule has 210 valence electrons. The summed E-state index contributed by atoms with van der Waals surface area (Å²) in [7, 11) is 0. The van der Waals surface area contributed by atoms with Gasteiger partial charge in [0.15, 0.2) is 0 Å². The van der Waals surface area contributed by atoms with Crippen molar-refractivity contribution in [3.8, 4) is 0 Å². The molecule has 2 aliphatic rings. The van der Waals surface area contributed by atoms with Gasteiger partial charge in [-0.05, 0) is 75.9 Å². The zero-order chi connectivity index (χ0) is 29.5. The largest absolute Gasteiger partial charge is 0.271 e. The lowest BCUT2D eigenvalue weighted by molar-refractivity contribution is -0.137. The summed E-state index contributed by atoms with van der Waals surface area (Å²) in [6, 6.07) is 35.2. The Labute approximate surface area is 247 Å². The molecule has 2 atom stereocenters. The molecular weight excluding hydrogens is 520 g/mol. The van der Waals surface area contributed by atoms with Crippen molar-refractivity contribution in [1.82, 2.24) is 0 Å². The number of anilines is 2.